The molecule has 1 heteroatoms. The smallest absolute Gasteiger partial charge is 0.0906 e. The lowest BCUT2D eigenvalue weighted by atomic mass is 10.1. The molecular formula is C17H19N. The van der Waals surface area contributed by atoms with Gasteiger partial charge < -0.3 is 0 Å². The van der Waals surface area contributed by atoms with E-state index in [1.165, 1.54) is 0 Å². The quantitative estimate of drug-likeness (QED) is 0.519. The normalized spacial score (nSPS) is 12.2. The summed E-state index contributed by atoms with van der Waals surface area (Å²) in [5, 5.41) is 0. The van der Waals surface area contributed by atoms with Gasteiger partial charge in [0.1, 0.15) is 0 Å². The van der Waals surface area contributed by atoms with E-state index in [1.807, 2.05) is 42.5 Å². The largest absolute Gasteiger partial charge is 0.279 e. The molecule has 1 aromatic carbocycles. The van der Waals surface area contributed by atoms with Crippen molar-refractivity contribution in [1.82, 2.24) is 4.90 Å². The zero-order valence-electron chi connectivity index (χ0n) is 10.6. The van der Waals surface area contributed by atoms with Crippen LogP contribution in [0.15, 0.2) is 61.7 Å². The van der Waals surface area contributed by atoms with Gasteiger partial charge in [-0.05, 0) is 5.56 Å². The van der Waals surface area contributed by atoms with Crippen molar-refractivity contribution in [2.45, 2.75) is 6.04 Å². The first kappa shape index (κ1) is 14.0. The first-order valence-electron chi connectivity index (χ1n) is 5.97. The van der Waals surface area contributed by atoms with Crippen molar-refractivity contribution in [1.29, 1.82) is 0 Å². The van der Waals surface area contributed by atoms with Crippen LogP contribution in [0.3, 0.4) is 0 Å². The van der Waals surface area contributed by atoms with Crippen molar-refractivity contribution in [3.8, 4) is 12.3 Å². The number of rotatable bonds is 7. The van der Waals surface area contributed by atoms with E-state index in [0.717, 1.165) is 18.7 Å². The number of hydrogen-bond donors (Lipinski definition) is 0. The fourth-order valence-corrected chi connectivity index (χ4v) is 1.68. The summed E-state index contributed by atoms with van der Waals surface area (Å²) in [6.07, 6.45) is 13.4. The van der Waals surface area contributed by atoms with Crippen LogP contribution in [-0.4, -0.2) is 24.0 Å². The lowest BCUT2D eigenvalue weighted by Crippen LogP contribution is -2.33. The van der Waals surface area contributed by atoms with Crippen LogP contribution in [0.1, 0.15) is 5.56 Å². The predicted molar refractivity (Wildman–Crippen MR) is 80.1 cm³/mol. The molecule has 0 saturated heterocycles. The second-order valence-corrected chi connectivity index (χ2v) is 3.91. The molecule has 1 atom stereocenters. The van der Waals surface area contributed by atoms with Crippen molar-refractivity contribution in [2.24, 2.45) is 0 Å². The minimum Gasteiger partial charge on any atom is -0.279 e. The molecule has 0 aliphatic carbocycles. The van der Waals surface area contributed by atoms with Gasteiger partial charge in [0, 0.05) is 13.1 Å². The molecule has 18 heavy (non-hydrogen) atoms. The van der Waals surface area contributed by atoms with Gasteiger partial charge in [-0.15, -0.1) is 19.6 Å². The van der Waals surface area contributed by atoms with Crippen LogP contribution < -0.4 is 0 Å². The van der Waals surface area contributed by atoms with Gasteiger partial charge in [-0.1, -0.05) is 60.6 Å². The Morgan fingerprint density at radius 2 is 1.78 bits per heavy atom. The Kier molecular flexibility index (Phi) is 6.32. The highest BCUT2D eigenvalue weighted by atomic mass is 15.1. The Balaban J connectivity index is 2.76. The van der Waals surface area contributed by atoms with E-state index in [1.54, 1.807) is 0 Å². The molecule has 92 valence electrons. The molecule has 0 spiro atoms. The monoisotopic (exact) mass is 237 g/mol. The van der Waals surface area contributed by atoms with Gasteiger partial charge in [0.15, 0.2) is 0 Å². The molecule has 0 bridgehead atoms. The Morgan fingerprint density at radius 1 is 1.17 bits per heavy atom. The third-order valence-electron chi connectivity index (χ3n) is 2.56. The van der Waals surface area contributed by atoms with Crippen molar-refractivity contribution in [2.75, 3.05) is 13.1 Å². The Hall–Kier alpha value is -2.04. The summed E-state index contributed by atoms with van der Waals surface area (Å²) in [7, 11) is 0. The Morgan fingerprint density at radius 3 is 2.28 bits per heavy atom. The fraction of sp³-hybridized carbons (Fsp3) is 0.176. The third-order valence-corrected chi connectivity index (χ3v) is 2.56. The van der Waals surface area contributed by atoms with Crippen LogP contribution in [0.25, 0.3) is 6.08 Å². The van der Waals surface area contributed by atoms with Crippen LogP contribution >= 0.6 is 0 Å². The minimum atomic E-state index is -0.0405. The molecule has 0 saturated carbocycles. The molecule has 0 aliphatic heterocycles. The summed E-state index contributed by atoms with van der Waals surface area (Å²) in [4.78, 5) is 2.12. The molecule has 1 rings (SSSR count). The van der Waals surface area contributed by atoms with Crippen molar-refractivity contribution in [3.63, 3.8) is 0 Å². The van der Waals surface area contributed by atoms with E-state index < -0.39 is 0 Å². The van der Waals surface area contributed by atoms with Crippen LogP contribution in [0.2, 0.25) is 0 Å². The maximum absolute atomic E-state index is 5.59. The van der Waals surface area contributed by atoms with Gasteiger partial charge in [0.25, 0.3) is 0 Å². The van der Waals surface area contributed by atoms with Crippen LogP contribution in [0, 0.1) is 12.3 Å². The maximum Gasteiger partial charge on any atom is 0.0906 e. The molecule has 0 amide bonds. The summed E-state index contributed by atoms with van der Waals surface area (Å²) < 4.78 is 0. The Labute approximate surface area is 110 Å². The summed E-state index contributed by atoms with van der Waals surface area (Å²) >= 11 is 0. The molecule has 0 N–H and O–H groups in total. The van der Waals surface area contributed by atoms with E-state index in [4.69, 9.17) is 6.42 Å². The first-order valence-corrected chi connectivity index (χ1v) is 5.97. The summed E-state index contributed by atoms with van der Waals surface area (Å²) in [5.41, 5.74) is 1.15. The van der Waals surface area contributed by atoms with E-state index in [-0.39, 0.29) is 6.04 Å². The summed E-state index contributed by atoms with van der Waals surface area (Å²) in [6, 6.07) is 10.1. The lowest BCUT2D eigenvalue weighted by molar-refractivity contribution is 0.327. The number of hydrogen-bond acceptors (Lipinski definition) is 1. The summed E-state index contributed by atoms with van der Waals surface area (Å²) in [6.45, 7) is 9.00. The lowest BCUT2D eigenvalue weighted by Gasteiger charge is -2.23. The Bertz CT molecular complexity index is 426. The second kappa shape index (κ2) is 8.11. The average Bonchev–Trinajstić information content (AvgIpc) is 2.41. The molecule has 1 nitrogen and oxygen atoms in total. The maximum atomic E-state index is 5.59. The summed E-state index contributed by atoms with van der Waals surface area (Å²) in [5.74, 6) is 2.79. The molecule has 0 aromatic heterocycles. The van der Waals surface area contributed by atoms with Crippen molar-refractivity contribution < 1.29 is 0 Å². The zero-order valence-corrected chi connectivity index (χ0v) is 10.6. The predicted octanol–water partition coefficient (Wildman–Crippen LogP) is 3.38. The van der Waals surface area contributed by atoms with Crippen molar-refractivity contribution in [3.05, 3.63) is 67.3 Å². The SMILES string of the molecule is C#CC(C=Cc1ccccc1)N(CC=C)CC=C. The molecular weight excluding hydrogens is 218 g/mol. The highest BCUT2D eigenvalue weighted by Gasteiger charge is 2.09. The van der Waals surface area contributed by atoms with E-state index >= 15 is 0 Å². The van der Waals surface area contributed by atoms with E-state index in [9.17, 15) is 0 Å². The van der Waals surface area contributed by atoms with Gasteiger partial charge in [-0.2, -0.15) is 0 Å². The van der Waals surface area contributed by atoms with E-state index in [2.05, 4.69) is 36.1 Å². The van der Waals surface area contributed by atoms with E-state index in [0.29, 0.717) is 0 Å². The van der Waals surface area contributed by atoms with Crippen LogP contribution in [0.4, 0.5) is 0 Å². The van der Waals surface area contributed by atoms with Gasteiger partial charge in [0.2, 0.25) is 0 Å². The average molecular weight is 237 g/mol. The highest BCUT2D eigenvalue weighted by Crippen LogP contribution is 2.06. The fourth-order valence-electron chi connectivity index (χ4n) is 1.68. The number of terminal acetylenes is 1. The first-order chi connectivity index (χ1) is 8.81. The van der Waals surface area contributed by atoms with Gasteiger partial charge in [-0.3, -0.25) is 4.90 Å². The molecule has 1 unspecified atom stereocenters. The number of benzene rings is 1. The van der Waals surface area contributed by atoms with Crippen LogP contribution in [-0.2, 0) is 0 Å². The standard InChI is InChI=1S/C17H19N/c1-4-14-18(15-5-2)17(6-3)13-12-16-10-8-7-9-11-16/h3-5,7-13,17H,1-2,14-15H2. The number of nitrogens with zero attached hydrogens (tertiary/aromatic N) is 1. The third kappa shape index (κ3) is 4.45. The van der Waals surface area contributed by atoms with Crippen molar-refractivity contribution >= 4 is 6.08 Å². The minimum absolute atomic E-state index is 0.0405. The highest BCUT2D eigenvalue weighted by molar-refractivity contribution is 5.50. The van der Waals surface area contributed by atoms with Gasteiger partial charge >= 0.3 is 0 Å². The molecule has 1 aromatic rings. The zero-order chi connectivity index (χ0) is 13.2. The van der Waals surface area contributed by atoms with Gasteiger partial charge in [0.05, 0.1) is 6.04 Å². The van der Waals surface area contributed by atoms with Crippen LogP contribution in [0.5, 0.6) is 0 Å². The molecule has 0 aliphatic rings. The molecule has 0 heterocycles. The molecule has 0 radical (unpaired) electrons. The second-order valence-electron chi connectivity index (χ2n) is 3.91. The van der Waals surface area contributed by atoms with Gasteiger partial charge in [-0.25, -0.2) is 0 Å². The topological polar surface area (TPSA) is 3.24 Å². The molecule has 0 fully saturated rings.